The van der Waals surface area contributed by atoms with Gasteiger partial charge in [-0.15, -0.1) is 0 Å². The molecule has 0 aliphatic heterocycles. The van der Waals surface area contributed by atoms with Crippen LogP contribution in [0.2, 0.25) is 0 Å². The summed E-state index contributed by atoms with van der Waals surface area (Å²) in [7, 11) is 0. The number of hydrogen-bond donors (Lipinski definition) is 1. The van der Waals surface area contributed by atoms with Crippen molar-refractivity contribution in [2.24, 2.45) is 0 Å². The van der Waals surface area contributed by atoms with Gasteiger partial charge in [0.2, 0.25) is 0 Å². The summed E-state index contributed by atoms with van der Waals surface area (Å²) in [4.78, 5) is 0. The third-order valence-electron chi connectivity index (χ3n) is 3.28. The summed E-state index contributed by atoms with van der Waals surface area (Å²) in [6.07, 6.45) is 1.13. The van der Waals surface area contributed by atoms with Crippen molar-refractivity contribution in [2.45, 2.75) is 26.3 Å². The minimum Gasteiger partial charge on any atom is -0.306 e. The van der Waals surface area contributed by atoms with Gasteiger partial charge >= 0.3 is 0 Å². The summed E-state index contributed by atoms with van der Waals surface area (Å²) in [5.74, 6) is 0. The Labute approximate surface area is 143 Å². The van der Waals surface area contributed by atoms with E-state index in [0.29, 0.717) is 0 Å². The van der Waals surface area contributed by atoms with Gasteiger partial charge in [0.25, 0.3) is 0 Å². The SMILES string of the molecule is CCCNC(c1ccc(C)cc1)c1cc(I)ccc1Br. The predicted octanol–water partition coefficient (Wildman–Crippen LogP) is 5.45. The molecule has 3 heteroatoms. The molecule has 2 aromatic rings. The minimum absolute atomic E-state index is 0.236. The summed E-state index contributed by atoms with van der Waals surface area (Å²) in [6, 6.07) is 15.5. The molecule has 0 aliphatic carbocycles. The minimum atomic E-state index is 0.236. The molecule has 0 bridgehead atoms. The fourth-order valence-electron chi connectivity index (χ4n) is 2.19. The van der Waals surface area contributed by atoms with Crippen LogP contribution >= 0.6 is 38.5 Å². The normalized spacial score (nSPS) is 12.4. The molecule has 0 aromatic heterocycles. The molecule has 106 valence electrons. The van der Waals surface area contributed by atoms with Crippen molar-refractivity contribution in [3.63, 3.8) is 0 Å². The zero-order valence-electron chi connectivity index (χ0n) is 11.8. The Hall–Kier alpha value is -0.390. The highest BCUT2D eigenvalue weighted by atomic mass is 127. The largest absolute Gasteiger partial charge is 0.306 e. The lowest BCUT2D eigenvalue weighted by Gasteiger charge is -2.21. The first-order chi connectivity index (χ1) is 9.61. The topological polar surface area (TPSA) is 12.0 Å². The number of rotatable bonds is 5. The molecule has 0 amide bonds. The highest BCUT2D eigenvalue weighted by Crippen LogP contribution is 2.30. The monoisotopic (exact) mass is 443 g/mol. The highest BCUT2D eigenvalue weighted by molar-refractivity contribution is 14.1. The van der Waals surface area contributed by atoms with Crippen molar-refractivity contribution in [3.05, 3.63) is 67.2 Å². The number of nitrogens with one attached hydrogen (secondary N) is 1. The molecule has 2 rings (SSSR count). The second kappa shape index (κ2) is 7.57. The average molecular weight is 444 g/mol. The third kappa shape index (κ3) is 4.06. The standard InChI is InChI=1S/C17H19BrIN/c1-3-10-20-17(13-6-4-12(2)5-7-13)15-11-14(19)8-9-16(15)18/h4-9,11,17,20H,3,10H2,1-2H3. The Morgan fingerprint density at radius 1 is 1.15 bits per heavy atom. The Kier molecular flexibility index (Phi) is 6.05. The van der Waals surface area contributed by atoms with Crippen molar-refractivity contribution in [2.75, 3.05) is 6.54 Å². The van der Waals surface area contributed by atoms with Crippen molar-refractivity contribution in [1.82, 2.24) is 5.32 Å². The van der Waals surface area contributed by atoms with Gasteiger partial charge in [0.05, 0.1) is 6.04 Å². The van der Waals surface area contributed by atoms with Crippen LogP contribution in [-0.2, 0) is 0 Å². The van der Waals surface area contributed by atoms with Crippen molar-refractivity contribution in [1.29, 1.82) is 0 Å². The van der Waals surface area contributed by atoms with E-state index in [1.54, 1.807) is 0 Å². The fraction of sp³-hybridized carbons (Fsp3) is 0.294. The van der Waals surface area contributed by atoms with E-state index in [0.717, 1.165) is 17.4 Å². The van der Waals surface area contributed by atoms with Gasteiger partial charge in [-0.25, -0.2) is 0 Å². The van der Waals surface area contributed by atoms with Gasteiger partial charge < -0.3 is 5.32 Å². The smallest absolute Gasteiger partial charge is 0.0588 e. The molecule has 0 spiro atoms. The van der Waals surface area contributed by atoms with Crippen molar-refractivity contribution >= 4 is 38.5 Å². The molecule has 0 fully saturated rings. The molecule has 0 heterocycles. The molecule has 1 N–H and O–H groups in total. The molecule has 0 radical (unpaired) electrons. The van der Waals surface area contributed by atoms with Gasteiger partial charge in [-0.3, -0.25) is 0 Å². The maximum atomic E-state index is 3.69. The maximum absolute atomic E-state index is 3.69. The average Bonchev–Trinajstić information content (AvgIpc) is 2.44. The van der Waals surface area contributed by atoms with Crippen LogP contribution in [-0.4, -0.2) is 6.54 Å². The van der Waals surface area contributed by atoms with Crippen LogP contribution < -0.4 is 5.32 Å². The van der Waals surface area contributed by atoms with Crippen LogP contribution in [0.15, 0.2) is 46.9 Å². The molecule has 2 aromatic carbocycles. The fourth-order valence-corrected chi connectivity index (χ4v) is 3.18. The third-order valence-corrected chi connectivity index (χ3v) is 4.67. The molecule has 0 saturated carbocycles. The van der Waals surface area contributed by atoms with E-state index in [-0.39, 0.29) is 6.04 Å². The van der Waals surface area contributed by atoms with Gasteiger partial charge in [0.1, 0.15) is 0 Å². The molecule has 1 nitrogen and oxygen atoms in total. The number of hydrogen-bond acceptors (Lipinski definition) is 1. The van der Waals surface area contributed by atoms with Crippen LogP contribution in [0.5, 0.6) is 0 Å². The summed E-state index contributed by atoms with van der Waals surface area (Å²) in [5, 5.41) is 3.66. The van der Waals surface area contributed by atoms with Crippen molar-refractivity contribution in [3.8, 4) is 0 Å². The van der Waals surface area contributed by atoms with Crippen molar-refractivity contribution < 1.29 is 0 Å². The molecule has 0 aliphatic rings. The first-order valence-electron chi connectivity index (χ1n) is 6.86. The van der Waals surface area contributed by atoms with Gasteiger partial charge in [-0.2, -0.15) is 0 Å². The van der Waals surface area contributed by atoms with E-state index >= 15 is 0 Å². The van der Waals surface area contributed by atoms with Gasteiger partial charge in [-0.1, -0.05) is 52.7 Å². The van der Waals surface area contributed by atoms with E-state index < -0.39 is 0 Å². The second-order valence-electron chi connectivity index (χ2n) is 4.96. The Balaban J connectivity index is 2.41. The lowest BCUT2D eigenvalue weighted by atomic mass is 9.97. The summed E-state index contributed by atoms with van der Waals surface area (Å²) in [6.45, 7) is 5.33. The molecule has 20 heavy (non-hydrogen) atoms. The van der Waals surface area contributed by atoms with E-state index in [1.165, 1.54) is 20.3 Å². The number of halogens is 2. The van der Waals surface area contributed by atoms with Gasteiger partial charge in [0.15, 0.2) is 0 Å². The zero-order chi connectivity index (χ0) is 14.5. The zero-order valence-corrected chi connectivity index (χ0v) is 15.5. The van der Waals surface area contributed by atoms with E-state index in [4.69, 9.17) is 0 Å². The molecule has 1 unspecified atom stereocenters. The highest BCUT2D eigenvalue weighted by Gasteiger charge is 2.16. The van der Waals surface area contributed by atoms with Crippen LogP contribution in [0.3, 0.4) is 0 Å². The summed E-state index contributed by atoms with van der Waals surface area (Å²) >= 11 is 6.06. The van der Waals surface area contributed by atoms with Crippen LogP contribution in [0, 0.1) is 10.5 Å². The molecular formula is C17H19BrIN. The Bertz CT molecular complexity index is 566. The first-order valence-corrected chi connectivity index (χ1v) is 8.74. The van der Waals surface area contributed by atoms with Crippen LogP contribution in [0.4, 0.5) is 0 Å². The Morgan fingerprint density at radius 2 is 1.85 bits per heavy atom. The van der Waals surface area contributed by atoms with Crippen LogP contribution in [0.1, 0.15) is 36.1 Å². The number of benzene rings is 2. The van der Waals surface area contributed by atoms with Gasteiger partial charge in [0, 0.05) is 8.04 Å². The number of aryl methyl sites for hydroxylation is 1. The van der Waals surface area contributed by atoms with E-state index in [9.17, 15) is 0 Å². The first kappa shape index (κ1) is 16.0. The maximum Gasteiger partial charge on any atom is 0.0588 e. The predicted molar refractivity (Wildman–Crippen MR) is 98.2 cm³/mol. The van der Waals surface area contributed by atoms with E-state index in [1.807, 2.05) is 0 Å². The summed E-state index contributed by atoms with van der Waals surface area (Å²) < 4.78 is 2.42. The second-order valence-corrected chi connectivity index (χ2v) is 7.06. The Morgan fingerprint density at radius 3 is 2.50 bits per heavy atom. The molecular weight excluding hydrogens is 425 g/mol. The summed E-state index contributed by atoms with van der Waals surface area (Å²) in [5.41, 5.74) is 3.91. The quantitative estimate of drug-likeness (QED) is 0.605. The molecule has 0 saturated heterocycles. The van der Waals surface area contributed by atoms with Gasteiger partial charge in [-0.05, 0) is 71.8 Å². The molecule has 1 atom stereocenters. The van der Waals surface area contributed by atoms with E-state index in [2.05, 4.69) is 100 Å². The lowest BCUT2D eigenvalue weighted by Crippen LogP contribution is -2.23. The lowest BCUT2D eigenvalue weighted by molar-refractivity contribution is 0.596. The van der Waals surface area contributed by atoms with Crippen LogP contribution in [0.25, 0.3) is 0 Å².